The maximum atomic E-state index is 12.4. The van der Waals surface area contributed by atoms with E-state index in [-0.39, 0.29) is 11.5 Å². The van der Waals surface area contributed by atoms with Crippen molar-refractivity contribution in [3.05, 3.63) is 35.4 Å². The molecule has 0 aliphatic carbocycles. The third kappa shape index (κ3) is 4.68. The van der Waals surface area contributed by atoms with E-state index in [1.807, 2.05) is 4.90 Å². The minimum Gasteiger partial charge on any atom is -0.478 e. The second kappa shape index (κ2) is 8.35. The number of aromatic carboxylic acids is 1. The molecule has 0 saturated carbocycles. The van der Waals surface area contributed by atoms with Gasteiger partial charge in [-0.1, -0.05) is 26.7 Å². The van der Waals surface area contributed by atoms with Crippen LogP contribution in [0.2, 0.25) is 0 Å². The van der Waals surface area contributed by atoms with E-state index in [4.69, 9.17) is 5.11 Å². The van der Waals surface area contributed by atoms with Crippen LogP contribution in [0.25, 0.3) is 0 Å². The number of carbonyl (C=O) groups is 2. The lowest BCUT2D eigenvalue weighted by Gasteiger charge is -2.22. The van der Waals surface area contributed by atoms with Crippen molar-refractivity contribution in [2.75, 3.05) is 13.1 Å². The molecule has 4 heteroatoms. The molecule has 0 atom stereocenters. The number of unbranched alkanes of at least 4 members (excludes halogenated alkanes) is 2. The molecule has 0 aromatic heterocycles. The van der Waals surface area contributed by atoms with Gasteiger partial charge in [-0.2, -0.15) is 0 Å². The van der Waals surface area contributed by atoms with E-state index in [2.05, 4.69) is 13.8 Å². The minimum absolute atomic E-state index is 0.0103. The van der Waals surface area contributed by atoms with Crippen molar-refractivity contribution in [2.24, 2.45) is 0 Å². The number of hydrogen-bond acceptors (Lipinski definition) is 2. The molecule has 0 saturated heterocycles. The van der Waals surface area contributed by atoms with Gasteiger partial charge in [0.25, 0.3) is 5.91 Å². The van der Waals surface area contributed by atoms with Crippen molar-refractivity contribution in [3.63, 3.8) is 0 Å². The molecule has 0 heterocycles. The van der Waals surface area contributed by atoms with Crippen LogP contribution in [0.3, 0.4) is 0 Å². The first-order valence-corrected chi connectivity index (χ1v) is 7.22. The van der Waals surface area contributed by atoms with Gasteiger partial charge in [0.15, 0.2) is 0 Å². The molecule has 1 aromatic rings. The van der Waals surface area contributed by atoms with E-state index in [1.54, 1.807) is 12.1 Å². The second-order valence-corrected chi connectivity index (χ2v) is 4.88. The predicted octanol–water partition coefficient (Wildman–Crippen LogP) is 3.43. The summed E-state index contributed by atoms with van der Waals surface area (Å²) in [5, 5.41) is 8.86. The number of carboxylic acids is 1. The molecule has 0 unspecified atom stereocenters. The molecular weight excluding hydrogens is 254 g/mol. The first-order chi connectivity index (χ1) is 9.60. The summed E-state index contributed by atoms with van der Waals surface area (Å²) in [6, 6.07) is 6.15. The Morgan fingerprint density at radius 2 is 1.40 bits per heavy atom. The monoisotopic (exact) mass is 277 g/mol. The predicted molar refractivity (Wildman–Crippen MR) is 79.1 cm³/mol. The quantitative estimate of drug-likeness (QED) is 0.792. The van der Waals surface area contributed by atoms with Gasteiger partial charge in [-0.15, -0.1) is 0 Å². The summed E-state index contributed by atoms with van der Waals surface area (Å²) in [5.74, 6) is -0.985. The van der Waals surface area contributed by atoms with Gasteiger partial charge in [0.1, 0.15) is 0 Å². The standard InChI is InChI=1S/C16H23NO3/c1-3-5-11-17(12-6-4-2)15(18)13-7-9-14(10-8-13)16(19)20/h7-10H,3-6,11-12H2,1-2H3,(H,19,20). The van der Waals surface area contributed by atoms with Crippen LogP contribution in [0.4, 0.5) is 0 Å². The lowest BCUT2D eigenvalue weighted by molar-refractivity contribution is 0.0693. The van der Waals surface area contributed by atoms with Crippen molar-refractivity contribution in [2.45, 2.75) is 39.5 Å². The van der Waals surface area contributed by atoms with E-state index in [1.165, 1.54) is 12.1 Å². The first-order valence-electron chi connectivity index (χ1n) is 7.22. The SMILES string of the molecule is CCCCN(CCCC)C(=O)c1ccc(C(=O)O)cc1. The Hall–Kier alpha value is -1.84. The molecule has 0 radical (unpaired) electrons. The summed E-state index contributed by atoms with van der Waals surface area (Å²) in [7, 11) is 0. The van der Waals surface area contributed by atoms with Crippen molar-refractivity contribution >= 4 is 11.9 Å². The van der Waals surface area contributed by atoms with Gasteiger partial charge in [0, 0.05) is 18.7 Å². The maximum absolute atomic E-state index is 12.4. The fourth-order valence-electron chi connectivity index (χ4n) is 1.95. The van der Waals surface area contributed by atoms with Crippen molar-refractivity contribution in [3.8, 4) is 0 Å². The number of carboxylic acid groups (broad SMARTS) is 1. The van der Waals surface area contributed by atoms with Gasteiger partial charge < -0.3 is 10.0 Å². The van der Waals surface area contributed by atoms with Gasteiger partial charge in [-0.25, -0.2) is 4.79 Å². The van der Waals surface area contributed by atoms with Crippen LogP contribution in [0.5, 0.6) is 0 Å². The normalized spacial score (nSPS) is 10.3. The first kappa shape index (κ1) is 16.2. The number of hydrogen-bond donors (Lipinski definition) is 1. The highest BCUT2D eigenvalue weighted by atomic mass is 16.4. The summed E-state index contributed by atoms with van der Waals surface area (Å²) in [4.78, 5) is 25.1. The number of benzene rings is 1. The number of nitrogens with zero attached hydrogens (tertiary/aromatic N) is 1. The minimum atomic E-state index is -0.974. The maximum Gasteiger partial charge on any atom is 0.335 e. The molecule has 1 N–H and O–H groups in total. The van der Waals surface area contributed by atoms with Crippen LogP contribution >= 0.6 is 0 Å². The zero-order valence-corrected chi connectivity index (χ0v) is 12.3. The molecule has 1 rings (SSSR count). The van der Waals surface area contributed by atoms with Crippen LogP contribution in [0.1, 0.15) is 60.2 Å². The summed E-state index contributed by atoms with van der Waals surface area (Å²) in [5.41, 5.74) is 0.762. The van der Waals surface area contributed by atoms with E-state index in [0.29, 0.717) is 5.56 Å². The molecule has 0 aliphatic heterocycles. The average molecular weight is 277 g/mol. The zero-order chi connectivity index (χ0) is 15.0. The number of carbonyl (C=O) groups excluding carboxylic acids is 1. The van der Waals surface area contributed by atoms with Gasteiger partial charge in [-0.3, -0.25) is 4.79 Å². The smallest absolute Gasteiger partial charge is 0.335 e. The van der Waals surface area contributed by atoms with Crippen LogP contribution < -0.4 is 0 Å². The van der Waals surface area contributed by atoms with Gasteiger partial charge in [-0.05, 0) is 37.1 Å². The van der Waals surface area contributed by atoms with E-state index < -0.39 is 5.97 Å². The molecule has 1 aromatic carbocycles. The Kier molecular flexibility index (Phi) is 6.77. The van der Waals surface area contributed by atoms with E-state index >= 15 is 0 Å². The Bertz CT molecular complexity index is 432. The summed E-state index contributed by atoms with van der Waals surface area (Å²) < 4.78 is 0. The Labute approximate surface area is 120 Å². The highest BCUT2D eigenvalue weighted by molar-refractivity contribution is 5.95. The molecule has 1 amide bonds. The van der Waals surface area contributed by atoms with Crippen molar-refractivity contribution in [1.29, 1.82) is 0 Å². The lowest BCUT2D eigenvalue weighted by atomic mass is 10.1. The topological polar surface area (TPSA) is 57.6 Å². The fraction of sp³-hybridized carbons (Fsp3) is 0.500. The van der Waals surface area contributed by atoms with Gasteiger partial charge >= 0.3 is 5.97 Å². The van der Waals surface area contributed by atoms with Crippen LogP contribution in [0, 0.1) is 0 Å². The summed E-state index contributed by atoms with van der Waals surface area (Å²) in [6.07, 6.45) is 4.08. The van der Waals surface area contributed by atoms with E-state index in [0.717, 1.165) is 38.8 Å². The zero-order valence-electron chi connectivity index (χ0n) is 12.3. The average Bonchev–Trinajstić information content (AvgIpc) is 2.47. The Morgan fingerprint density at radius 1 is 0.950 bits per heavy atom. The largest absolute Gasteiger partial charge is 0.478 e. The molecule has 0 aliphatic rings. The highest BCUT2D eigenvalue weighted by Crippen LogP contribution is 2.10. The summed E-state index contributed by atoms with van der Waals surface area (Å²) >= 11 is 0. The van der Waals surface area contributed by atoms with Gasteiger partial charge in [0.2, 0.25) is 0 Å². The van der Waals surface area contributed by atoms with Crippen LogP contribution in [-0.2, 0) is 0 Å². The lowest BCUT2D eigenvalue weighted by Crippen LogP contribution is -2.32. The molecule has 0 bridgehead atoms. The molecule has 0 fully saturated rings. The fourth-order valence-corrected chi connectivity index (χ4v) is 1.95. The van der Waals surface area contributed by atoms with Gasteiger partial charge in [0.05, 0.1) is 5.56 Å². The summed E-state index contributed by atoms with van der Waals surface area (Å²) in [6.45, 7) is 5.72. The second-order valence-electron chi connectivity index (χ2n) is 4.88. The van der Waals surface area contributed by atoms with Crippen molar-refractivity contribution < 1.29 is 14.7 Å². The van der Waals surface area contributed by atoms with Crippen LogP contribution in [-0.4, -0.2) is 35.0 Å². The number of rotatable bonds is 8. The Balaban J connectivity index is 2.78. The van der Waals surface area contributed by atoms with Crippen molar-refractivity contribution in [1.82, 2.24) is 4.90 Å². The molecular formula is C16H23NO3. The third-order valence-corrected chi connectivity index (χ3v) is 3.23. The molecule has 0 spiro atoms. The molecule has 4 nitrogen and oxygen atoms in total. The number of amides is 1. The molecule has 20 heavy (non-hydrogen) atoms. The molecule has 110 valence electrons. The third-order valence-electron chi connectivity index (χ3n) is 3.23. The van der Waals surface area contributed by atoms with E-state index in [9.17, 15) is 9.59 Å². The highest BCUT2D eigenvalue weighted by Gasteiger charge is 2.15. The Morgan fingerprint density at radius 3 is 1.80 bits per heavy atom. The van der Waals surface area contributed by atoms with Crippen LogP contribution in [0.15, 0.2) is 24.3 Å².